The number of aromatic nitrogens is 3. The van der Waals surface area contributed by atoms with E-state index < -0.39 is 17.6 Å². The monoisotopic (exact) mass is 414 g/mol. The molecule has 0 atom stereocenters. The molecule has 3 aromatic rings. The number of hydrogen-bond acceptors (Lipinski definition) is 4. The number of ketones is 1. The van der Waals surface area contributed by atoms with Gasteiger partial charge in [-0.15, -0.1) is 0 Å². The first kappa shape index (κ1) is 21.0. The molecular formula is C21H17F3N4O2. The third kappa shape index (κ3) is 5.63. The summed E-state index contributed by atoms with van der Waals surface area (Å²) >= 11 is 0. The maximum absolute atomic E-state index is 12.6. The van der Waals surface area contributed by atoms with E-state index in [0.717, 1.165) is 12.1 Å². The molecule has 1 amide bonds. The molecule has 0 aliphatic heterocycles. The molecule has 0 saturated heterocycles. The Morgan fingerprint density at radius 3 is 2.53 bits per heavy atom. The molecule has 154 valence electrons. The first-order valence-corrected chi connectivity index (χ1v) is 8.86. The smallest absolute Gasteiger partial charge is 0.320 e. The molecule has 0 fully saturated rings. The lowest BCUT2D eigenvalue weighted by Crippen LogP contribution is -2.08. The van der Waals surface area contributed by atoms with E-state index in [1.165, 1.54) is 37.4 Å². The Bertz CT molecular complexity index is 1090. The standard InChI is InChI=1S/C21H17F3N4O2/c1-14(29)19-4-2-3-17(26-19)12-28-13-18(11-25-28)27-20(30)10-7-15-5-8-16(9-6-15)21(22,23)24/h2-11,13H,12H2,1H3,(H,27,30). The fraction of sp³-hybridized carbons (Fsp3) is 0.143. The molecular weight excluding hydrogens is 397 g/mol. The minimum atomic E-state index is -4.40. The summed E-state index contributed by atoms with van der Waals surface area (Å²) in [6.07, 6.45) is 1.29. The lowest BCUT2D eigenvalue weighted by Gasteiger charge is -2.05. The maximum atomic E-state index is 12.6. The lowest BCUT2D eigenvalue weighted by atomic mass is 10.1. The van der Waals surface area contributed by atoms with Crippen molar-refractivity contribution in [1.82, 2.24) is 14.8 Å². The number of Topliss-reactive ketones (excluding diaryl/α,β-unsaturated/α-hetero) is 1. The maximum Gasteiger partial charge on any atom is 0.416 e. The molecule has 2 heterocycles. The molecule has 9 heteroatoms. The average molecular weight is 414 g/mol. The fourth-order valence-corrected chi connectivity index (χ4v) is 2.58. The second-order valence-electron chi connectivity index (χ2n) is 6.44. The zero-order chi connectivity index (χ0) is 21.7. The Labute approximate surface area is 170 Å². The SMILES string of the molecule is CC(=O)c1cccc(Cn2cc(NC(=O)C=Cc3ccc(C(F)(F)F)cc3)cn2)n1. The number of nitrogens with one attached hydrogen (secondary N) is 1. The van der Waals surface area contributed by atoms with Crippen LogP contribution in [0, 0.1) is 0 Å². The van der Waals surface area contributed by atoms with Crippen molar-refractivity contribution in [2.75, 3.05) is 5.32 Å². The average Bonchev–Trinajstić information content (AvgIpc) is 3.13. The van der Waals surface area contributed by atoms with Gasteiger partial charge in [0.2, 0.25) is 5.91 Å². The zero-order valence-corrected chi connectivity index (χ0v) is 15.8. The minimum Gasteiger partial charge on any atom is -0.320 e. The Hall–Kier alpha value is -3.75. The summed E-state index contributed by atoms with van der Waals surface area (Å²) in [6.45, 7) is 1.75. The minimum absolute atomic E-state index is 0.134. The Balaban J connectivity index is 1.59. The largest absolute Gasteiger partial charge is 0.416 e. The van der Waals surface area contributed by atoms with Crippen molar-refractivity contribution in [3.05, 3.63) is 83.4 Å². The van der Waals surface area contributed by atoms with Crippen molar-refractivity contribution >= 4 is 23.5 Å². The van der Waals surface area contributed by atoms with E-state index in [-0.39, 0.29) is 5.78 Å². The zero-order valence-electron chi connectivity index (χ0n) is 15.8. The van der Waals surface area contributed by atoms with Gasteiger partial charge < -0.3 is 5.32 Å². The summed E-state index contributed by atoms with van der Waals surface area (Å²) in [7, 11) is 0. The summed E-state index contributed by atoms with van der Waals surface area (Å²) < 4.78 is 39.2. The van der Waals surface area contributed by atoms with Crippen molar-refractivity contribution < 1.29 is 22.8 Å². The van der Waals surface area contributed by atoms with Crippen molar-refractivity contribution in [1.29, 1.82) is 0 Å². The van der Waals surface area contributed by atoms with E-state index in [1.807, 2.05) is 0 Å². The van der Waals surface area contributed by atoms with Gasteiger partial charge in [0.15, 0.2) is 5.78 Å². The molecule has 0 aliphatic carbocycles. The van der Waals surface area contributed by atoms with E-state index in [0.29, 0.717) is 29.2 Å². The van der Waals surface area contributed by atoms with Gasteiger partial charge in [-0.25, -0.2) is 4.98 Å². The van der Waals surface area contributed by atoms with Gasteiger partial charge in [0.25, 0.3) is 0 Å². The lowest BCUT2D eigenvalue weighted by molar-refractivity contribution is -0.137. The number of anilines is 1. The highest BCUT2D eigenvalue weighted by atomic mass is 19.4. The second kappa shape index (κ2) is 8.73. The third-order valence-electron chi connectivity index (χ3n) is 4.06. The first-order chi connectivity index (χ1) is 14.2. The van der Waals surface area contributed by atoms with E-state index in [9.17, 15) is 22.8 Å². The molecule has 0 spiro atoms. The van der Waals surface area contributed by atoms with Gasteiger partial charge in [0.05, 0.1) is 29.7 Å². The van der Waals surface area contributed by atoms with Crippen LogP contribution in [0.5, 0.6) is 0 Å². The van der Waals surface area contributed by atoms with E-state index >= 15 is 0 Å². The number of benzene rings is 1. The predicted octanol–water partition coefficient (Wildman–Crippen LogP) is 4.20. The second-order valence-corrected chi connectivity index (χ2v) is 6.44. The van der Waals surface area contributed by atoms with Crippen LogP contribution in [0.1, 0.15) is 34.2 Å². The van der Waals surface area contributed by atoms with E-state index in [4.69, 9.17) is 0 Å². The van der Waals surface area contributed by atoms with Crippen LogP contribution in [0.2, 0.25) is 0 Å². The normalized spacial score (nSPS) is 11.6. The number of nitrogens with zero attached hydrogens (tertiary/aromatic N) is 3. The molecule has 1 aromatic carbocycles. The van der Waals surface area contributed by atoms with Crippen LogP contribution in [0.4, 0.5) is 18.9 Å². The van der Waals surface area contributed by atoms with Crippen LogP contribution in [-0.2, 0) is 17.5 Å². The highest BCUT2D eigenvalue weighted by Gasteiger charge is 2.29. The molecule has 0 radical (unpaired) electrons. The number of pyridine rings is 1. The summed E-state index contributed by atoms with van der Waals surface area (Å²) in [4.78, 5) is 27.7. The highest BCUT2D eigenvalue weighted by Crippen LogP contribution is 2.29. The molecule has 3 rings (SSSR count). The van der Waals surface area contributed by atoms with Gasteiger partial charge in [0.1, 0.15) is 5.69 Å². The topological polar surface area (TPSA) is 76.9 Å². The molecule has 30 heavy (non-hydrogen) atoms. The molecule has 0 saturated carbocycles. The summed E-state index contributed by atoms with van der Waals surface area (Å²) in [6, 6.07) is 9.60. The van der Waals surface area contributed by atoms with Crippen molar-refractivity contribution in [3.63, 3.8) is 0 Å². The Morgan fingerprint density at radius 2 is 1.87 bits per heavy atom. The molecule has 1 N–H and O–H groups in total. The number of hydrogen-bond donors (Lipinski definition) is 1. The van der Waals surface area contributed by atoms with Crippen molar-refractivity contribution in [3.8, 4) is 0 Å². The van der Waals surface area contributed by atoms with E-state index in [2.05, 4.69) is 15.4 Å². The van der Waals surface area contributed by atoms with Gasteiger partial charge in [-0.05, 0) is 35.9 Å². The molecule has 0 unspecified atom stereocenters. The molecule has 0 aliphatic rings. The van der Waals surface area contributed by atoms with Crippen LogP contribution in [0.25, 0.3) is 6.08 Å². The number of carbonyl (C=O) groups excluding carboxylic acids is 2. The number of amides is 1. The van der Waals surface area contributed by atoms with Gasteiger partial charge in [-0.2, -0.15) is 18.3 Å². The van der Waals surface area contributed by atoms with Crippen LogP contribution >= 0.6 is 0 Å². The number of rotatable bonds is 6. The van der Waals surface area contributed by atoms with Crippen LogP contribution in [0.15, 0.2) is 60.9 Å². The number of carbonyl (C=O) groups is 2. The van der Waals surface area contributed by atoms with Crippen LogP contribution in [0.3, 0.4) is 0 Å². The molecule has 6 nitrogen and oxygen atoms in total. The van der Waals surface area contributed by atoms with Gasteiger partial charge in [-0.1, -0.05) is 18.2 Å². The summed E-state index contributed by atoms with van der Waals surface area (Å²) in [5.41, 5.74) is 1.16. The first-order valence-electron chi connectivity index (χ1n) is 8.86. The Kier molecular flexibility index (Phi) is 6.10. The molecule has 0 bridgehead atoms. The van der Waals surface area contributed by atoms with Crippen molar-refractivity contribution in [2.45, 2.75) is 19.6 Å². The fourth-order valence-electron chi connectivity index (χ4n) is 2.58. The third-order valence-corrected chi connectivity index (χ3v) is 4.06. The summed E-state index contributed by atoms with van der Waals surface area (Å²) in [5.74, 6) is -0.587. The number of halogens is 3. The van der Waals surface area contributed by atoms with Gasteiger partial charge in [-0.3, -0.25) is 14.3 Å². The predicted molar refractivity (Wildman–Crippen MR) is 105 cm³/mol. The van der Waals surface area contributed by atoms with Crippen LogP contribution in [-0.4, -0.2) is 26.5 Å². The highest BCUT2D eigenvalue weighted by molar-refractivity contribution is 6.01. The Morgan fingerprint density at radius 1 is 1.13 bits per heavy atom. The van der Waals surface area contributed by atoms with Gasteiger partial charge in [0, 0.05) is 19.2 Å². The summed E-state index contributed by atoms with van der Waals surface area (Å²) in [5, 5.41) is 6.76. The van der Waals surface area contributed by atoms with Crippen molar-refractivity contribution in [2.24, 2.45) is 0 Å². The van der Waals surface area contributed by atoms with Gasteiger partial charge >= 0.3 is 6.18 Å². The molecule has 2 aromatic heterocycles. The van der Waals surface area contributed by atoms with Crippen LogP contribution < -0.4 is 5.32 Å². The van der Waals surface area contributed by atoms with E-state index in [1.54, 1.807) is 29.1 Å². The number of alkyl halides is 3. The quantitative estimate of drug-likeness (QED) is 0.485.